The van der Waals surface area contributed by atoms with E-state index >= 15 is 0 Å². The largest absolute Gasteiger partial charge is 0.495 e. The molecule has 0 atom stereocenters. The van der Waals surface area contributed by atoms with Crippen LogP contribution in [0.15, 0.2) is 59.5 Å². The quantitative estimate of drug-likeness (QED) is 0.599. The highest BCUT2D eigenvalue weighted by Crippen LogP contribution is 2.28. The van der Waals surface area contributed by atoms with Crippen LogP contribution in [0.1, 0.15) is 18.9 Å². The van der Waals surface area contributed by atoms with E-state index in [1.807, 2.05) is 19.9 Å². The number of aromatic nitrogens is 2. The highest BCUT2D eigenvalue weighted by molar-refractivity contribution is 7.92. The van der Waals surface area contributed by atoms with Gasteiger partial charge in [0.25, 0.3) is 10.0 Å². The molecule has 0 unspecified atom stereocenters. The molecule has 0 saturated heterocycles. The Bertz CT molecular complexity index is 1080. The number of aryl methyl sites for hydroxylation is 1. The van der Waals surface area contributed by atoms with Crippen LogP contribution >= 0.6 is 0 Å². The van der Waals surface area contributed by atoms with Crippen LogP contribution in [0.2, 0.25) is 0 Å². The maximum Gasteiger partial charge on any atom is 0.265 e. The monoisotopic (exact) mass is 413 g/mol. The smallest absolute Gasteiger partial charge is 0.265 e. The molecule has 3 rings (SSSR count). The lowest BCUT2D eigenvalue weighted by atomic mass is 10.1. The molecular formula is C21H23N3O4S. The summed E-state index contributed by atoms with van der Waals surface area (Å²) in [6, 6.07) is 15.5. The summed E-state index contributed by atoms with van der Waals surface area (Å²) in [7, 11) is -2.38. The highest BCUT2D eigenvalue weighted by Gasteiger charge is 2.20. The summed E-state index contributed by atoms with van der Waals surface area (Å²) in [5.41, 5.74) is 2.58. The molecule has 29 heavy (non-hydrogen) atoms. The van der Waals surface area contributed by atoms with Crippen molar-refractivity contribution < 1.29 is 17.9 Å². The number of sulfonamides is 1. The first-order valence-electron chi connectivity index (χ1n) is 9.17. The number of hydrogen-bond acceptors (Lipinski definition) is 6. The summed E-state index contributed by atoms with van der Waals surface area (Å²) >= 11 is 0. The lowest BCUT2D eigenvalue weighted by Gasteiger charge is -2.13. The van der Waals surface area contributed by atoms with Crippen LogP contribution in [-0.4, -0.2) is 32.3 Å². The molecule has 0 bridgehead atoms. The molecule has 0 aliphatic heterocycles. The van der Waals surface area contributed by atoms with Crippen molar-refractivity contribution in [3.8, 4) is 22.9 Å². The number of methoxy groups -OCH3 is 1. The predicted molar refractivity (Wildman–Crippen MR) is 112 cm³/mol. The van der Waals surface area contributed by atoms with Gasteiger partial charge in [0.15, 0.2) is 0 Å². The summed E-state index contributed by atoms with van der Waals surface area (Å²) in [5.74, 6) is 0.742. The average molecular weight is 413 g/mol. The minimum atomic E-state index is -3.83. The number of nitrogens with zero attached hydrogens (tertiary/aromatic N) is 2. The molecule has 0 aliphatic carbocycles. The molecule has 0 amide bonds. The molecule has 1 aromatic heterocycles. The van der Waals surface area contributed by atoms with Crippen molar-refractivity contribution in [1.82, 2.24) is 10.2 Å². The molecule has 0 aliphatic rings. The first-order chi connectivity index (χ1) is 13.9. The molecule has 0 radical (unpaired) electrons. The fourth-order valence-electron chi connectivity index (χ4n) is 2.70. The van der Waals surface area contributed by atoms with Gasteiger partial charge in [0, 0.05) is 17.3 Å². The fourth-order valence-corrected chi connectivity index (χ4v) is 4.01. The topological polar surface area (TPSA) is 90.4 Å². The van der Waals surface area contributed by atoms with Gasteiger partial charge in [0.2, 0.25) is 5.88 Å². The van der Waals surface area contributed by atoms with Gasteiger partial charge >= 0.3 is 0 Å². The third kappa shape index (κ3) is 5.03. The van der Waals surface area contributed by atoms with Crippen molar-refractivity contribution >= 4 is 15.7 Å². The zero-order valence-electron chi connectivity index (χ0n) is 16.5. The van der Waals surface area contributed by atoms with Gasteiger partial charge in [-0.1, -0.05) is 25.1 Å². The Morgan fingerprint density at radius 2 is 1.86 bits per heavy atom. The van der Waals surface area contributed by atoms with Crippen molar-refractivity contribution in [2.75, 3.05) is 18.4 Å². The number of hydrogen-bond donors (Lipinski definition) is 1. The van der Waals surface area contributed by atoms with Crippen molar-refractivity contribution in [3.05, 3.63) is 60.2 Å². The average Bonchev–Trinajstić information content (AvgIpc) is 2.72. The van der Waals surface area contributed by atoms with Crippen LogP contribution in [0, 0.1) is 6.92 Å². The lowest BCUT2D eigenvalue weighted by molar-refractivity contribution is 0.302. The fraction of sp³-hybridized carbons (Fsp3) is 0.238. The molecule has 1 heterocycles. The maximum atomic E-state index is 12.9. The van der Waals surface area contributed by atoms with Crippen LogP contribution in [0.5, 0.6) is 11.6 Å². The van der Waals surface area contributed by atoms with E-state index in [4.69, 9.17) is 9.47 Å². The van der Waals surface area contributed by atoms with E-state index < -0.39 is 10.0 Å². The first-order valence-corrected chi connectivity index (χ1v) is 10.7. The number of benzene rings is 2. The van der Waals surface area contributed by atoms with E-state index in [0.717, 1.165) is 17.5 Å². The summed E-state index contributed by atoms with van der Waals surface area (Å²) in [6.45, 7) is 4.42. The SMILES string of the molecule is CCCOc1ccc(-c2cccc(NS(=O)(=O)c3cc(C)ccc3OC)c2)nn1. The Morgan fingerprint density at radius 3 is 2.55 bits per heavy atom. The molecule has 0 spiro atoms. The normalized spacial score (nSPS) is 11.1. The molecule has 7 nitrogen and oxygen atoms in total. The molecule has 0 fully saturated rings. The second kappa shape index (κ2) is 8.91. The van der Waals surface area contributed by atoms with Gasteiger partial charge < -0.3 is 9.47 Å². The Balaban J connectivity index is 1.85. The number of nitrogens with one attached hydrogen (secondary N) is 1. The number of ether oxygens (including phenoxy) is 2. The van der Waals surface area contributed by atoms with Gasteiger partial charge in [-0.25, -0.2) is 8.42 Å². The van der Waals surface area contributed by atoms with E-state index in [2.05, 4.69) is 14.9 Å². The number of anilines is 1. The van der Waals surface area contributed by atoms with Gasteiger partial charge in [0.05, 0.1) is 19.4 Å². The van der Waals surface area contributed by atoms with Crippen molar-refractivity contribution in [1.29, 1.82) is 0 Å². The summed E-state index contributed by atoms with van der Waals surface area (Å²) in [6.07, 6.45) is 0.886. The summed E-state index contributed by atoms with van der Waals surface area (Å²) < 4.78 is 39.0. The zero-order valence-corrected chi connectivity index (χ0v) is 17.4. The van der Waals surface area contributed by atoms with Crippen molar-refractivity contribution in [2.24, 2.45) is 0 Å². The minimum absolute atomic E-state index is 0.0858. The molecule has 0 saturated carbocycles. The van der Waals surface area contributed by atoms with Gasteiger partial charge in [-0.15, -0.1) is 10.2 Å². The van der Waals surface area contributed by atoms with Crippen LogP contribution < -0.4 is 14.2 Å². The molecule has 3 aromatic rings. The number of rotatable bonds is 8. The van der Waals surface area contributed by atoms with Gasteiger partial charge in [-0.3, -0.25) is 4.72 Å². The molecular weight excluding hydrogens is 390 g/mol. The van der Waals surface area contributed by atoms with Crippen LogP contribution in [0.25, 0.3) is 11.3 Å². The molecule has 152 valence electrons. The van der Waals surface area contributed by atoms with E-state index in [1.54, 1.807) is 48.5 Å². The molecule has 1 N–H and O–H groups in total. The summed E-state index contributed by atoms with van der Waals surface area (Å²) in [5, 5.41) is 8.21. The van der Waals surface area contributed by atoms with Crippen LogP contribution in [0.4, 0.5) is 5.69 Å². The molecule has 2 aromatic carbocycles. The zero-order chi connectivity index (χ0) is 20.9. The van der Waals surface area contributed by atoms with Crippen molar-refractivity contribution in [3.63, 3.8) is 0 Å². The second-order valence-electron chi connectivity index (χ2n) is 6.45. The standard InChI is InChI=1S/C21H23N3O4S/c1-4-12-28-21-11-9-18(22-23-21)16-6-5-7-17(14-16)24-29(25,26)20-13-15(2)8-10-19(20)27-3/h5-11,13-14,24H,4,12H2,1-3H3. The Kier molecular flexibility index (Phi) is 6.33. The van der Waals surface area contributed by atoms with E-state index in [0.29, 0.717) is 23.9 Å². The highest BCUT2D eigenvalue weighted by atomic mass is 32.2. The lowest BCUT2D eigenvalue weighted by Crippen LogP contribution is -2.14. The van der Waals surface area contributed by atoms with Gasteiger partial charge in [-0.05, 0) is 49.2 Å². The third-order valence-electron chi connectivity index (χ3n) is 4.11. The predicted octanol–water partition coefficient (Wildman–Crippen LogP) is 4.05. The van der Waals surface area contributed by atoms with E-state index in [9.17, 15) is 8.42 Å². The maximum absolute atomic E-state index is 12.9. The van der Waals surface area contributed by atoms with Crippen LogP contribution in [0.3, 0.4) is 0 Å². The second-order valence-corrected chi connectivity index (χ2v) is 8.10. The van der Waals surface area contributed by atoms with E-state index in [1.165, 1.54) is 7.11 Å². The van der Waals surface area contributed by atoms with Gasteiger partial charge in [0.1, 0.15) is 10.6 Å². The van der Waals surface area contributed by atoms with E-state index in [-0.39, 0.29) is 10.6 Å². The summed E-state index contributed by atoms with van der Waals surface area (Å²) in [4.78, 5) is 0.0858. The van der Waals surface area contributed by atoms with Crippen molar-refractivity contribution in [2.45, 2.75) is 25.2 Å². The van der Waals surface area contributed by atoms with Gasteiger partial charge in [-0.2, -0.15) is 0 Å². The Morgan fingerprint density at radius 1 is 1.03 bits per heavy atom. The van der Waals surface area contributed by atoms with Crippen LogP contribution in [-0.2, 0) is 10.0 Å². The Hall–Kier alpha value is -3.13. The minimum Gasteiger partial charge on any atom is -0.495 e. The molecule has 8 heteroatoms. The Labute approximate surface area is 170 Å². The third-order valence-corrected chi connectivity index (χ3v) is 5.52. The first kappa shape index (κ1) is 20.6.